The van der Waals surface area contributed by atoms with Crippen molar-refractivity contribution < 1.29 is 8.42 Å². The van der Waals surface area contributed by atoms with Crippen LogP contribution >= 0.6 is 0 Å². The number of hydrogen-bond donors (Lipinski definition) is 1. The molecule has 3 rings (SSSR count). The van der Waals surface area contributed by atoms with E-state index in [0.29, 0.717) is 5.56 Å². The number of primary sulfonamides is 1. The van der Waals surface area contributed by atoms with E-state index in [1.165, 1.54) is 5.69 Å². The Bertz CT molecular complexity index is 1070. The second-order valence-corrected chi connectivity index (χ2v) is 8.47. The molecule has 0 saturated heterocycles. The van der Waals surface area contributed by atoms with E-state index in [9.17, 15) is 8.42 Å². The molecule has 0 aliphatic carbocycles. The lowest BCUT2D eigenvalue weighted by Crippen LogP contribution is -2.14. The molecule has 3 aromatic rings. The number of aryl methyl sites for hydroxylation is 2. The third-order valence-electron chi connectivity index (χ3n) is 4.64. The maximum absolute atomic E-state index is 12.3. The summed E-state index contributed by atoms with van der Waals surface area (Å²) in [6.45, 7) is 4.13. The molecule has 0 atom stereocenters. The van der Waals surface area contributed by atoms with Crippen molar-refractivity contribution in [2.45, 2.75) is 18.7 Å². The Morgan fingerprint density at radius 1 is 0.815 bits per heavy atom. The van der Waals surface area contributed by atoms with Crippen LogP contribution < -0.4 is 10.0 Å². The smallest absolute Gasteiger partial charge is 0.238 e. The van der Waals surface area contributed by atoms with E-state index in [4.69, 9.17) is 5.14 Å². The second-order valence-electron chi connectivity index (χ2n) is 6.94. The Hall–Kier alpha value is -2.63. The van der Waals surface area contributed by atoms with Gasteiger partial charge in [-0.15, -0.1) is 0 Å². The highest BCUT2D eigenvalue weighted by molar-refractivity contribution is 7.89. The lowest BCUT2D eigenvalue weighted by molar-refractivity contribution is 0.598. The topological polar surface area (TPSA) is 63.4 Å². The third kappa shape index (κ3) is 3.75. The first-order valence-corrected chi connectivity index (χ1v) is 10.2. The first-order chi connectivity index (χ1) is 12.7. The molecule has 0 aliphatic heterocycles. The SMILES string of the molecule is Cc1cc(-c2cccc(S(N)(=O)=O)c2-c2ccccc2)cc(C)c1N(C)C. The van der Waals surface area contributed by atoms with Crippen molar-refractivity contribution >= 4 is 15.7 Å². The minimum atomic E-state index is -3.86. The van der Waals surface area contributed by atoms with Gasteiger partial charge < -0.3 is 4.90 Å². The Kier molecular flexibility index (Phi) is 5.09. The first kappa shape index (κ1) is 19.1. The van der Waals surface area contributed by atoms with Gasteiger partial charge in [0.25, 0.3) is 0 Å². The van der Waals surface area contributed by atoms with Gasteiger partial charge in [0.05, 0.1) is 4.90 Å². The van der Waals surface area contributed by atoms with E-state index in [0.717, 1.165) is 27.8 Å². The number of nitrogens with zero attached hydrogens (tertiary/aromatic N) is 1. The minimum Gasteiger partial charge on any atom is -0.377 e. The average Bonchev–Trinajstić information content (AvgIpc) is 2.60. The van der Waals surface area contributed by atoms with Gasteiger partial charge in [-0.2, -0.15) is 0 Å². The molecule has 3 aromatic carbocycles. The van der Waals surface area contributed by atoms with Crippen LogP contribution in [0.5, 0.6) is 0 Å². The zero-order valence-electron chi connectivity index (χ0n) is 16.0. The van der Waals surface area contributed by atoms with E-state index in [1.54, 1.807) is 12.1 Å². The lowest BCUT2D eigenvalue weighted by atomic mass is 9.92. The van der Waals surface area contributed by atoms with Crippen LogP contribution in [0.25, 0.3) is 22.3 Å². The van der Waals surface area contributed by atoms with Crippen molar-refractivity contribution in [3.05, 3.63) is 71.8 Å². The van der Waals surface area contributed by atoms with E-state index >= 15 is 0 Å². The maximum Gasteiger partial charge on any atom is 0.238 e. The Labute approximate surface area is 161 Å². The molecule has 140 valence electrons. The van der Waals surface area contributed by atoms with Gasteiger partial charge in [-0.25, -0.2) is 13.6 Å². The van der Waals surface area contributed by atoms with Crippen molar-refractivity contribution in [1.29, 1.82) is 0 Å². The fourth-order valence-electron chi connectivity index (χ4n) is 3.73. The normalized spacial score (nSPS) is 11.4. The molecule has 0 bridgehead atoms. The summed E-state index contributed by atoms with van der Waals surface area (Å²) in [6.07, 6.45) is 0. The van der Waals surface area contributed by atoms with Gasteiger partial charge in [-0.1, -0.05) is 42.5 Å². The van der Waals surface area contributed by atoms with Gasteiger partial charge in [-0.05, 0) is 59.9 Å². The number of benzene rings is 3. The van der Waals surface area contributed by atoms with E-state index < -0.39 is 10.0 Å². The van der Waals surface area contributed by atoms with Gasteiger partial charge >= 0.3 is 0 Å². The molecule has 0 aliphatic rings. The summed E-state index contributed by atoms with van der Waals surface area (Å²) in [4.78, 5) is 2.23. The molecular weight excluding hydrogens is 356 g/mol. The van der Waals surface area contributed by atoms with Crippen molar-refractivity contribution in [3.63, 3.8) is 0 Å². The zero-order valence-corrected chi connectivity index (χ0v) is 16.8. The fourth-order valence-corrected chi connectivity index (χ4v) is 4.51. The Balaban J connectivity index is 2.35. The Morgan fingerprint density at radius 3 is 1.93 bits per heavy atom. The monoisotopic (exact) mass is 380 g/mol. The third-order valence-corrected chi connectivity index (χ3v) is 5.60. The summed E-state index contributed by atoms with van der Waals surface area (Å²) in [6, 6.07) is 18.9. The summed E-state index contributed by atoms with van der Waals surface area (Å²) in [7, 11) is 0.178. The number of rotatable bonds is 4. The summed E-state index contributed by atoms with van der Waals surface area (Å²) < 4.78 is 24.5. The summed E-state index contributed by atoms with van der Waals surface area (Å²) in [5, 5.41) is 5.53. The largest absolute Gasteiger partial charge is 0.377 e. The van der Waals surface area contributed by atoms with E-state index in [-0.39, 0.29) is 4.90 Å². The van der Waals surface area contributed by atoms with Crippen LogP contribution in [0.15, 0.2) is 65.6 Å². The molecule has 0 radical (unpaired) electrons. The molecule has 0 heterocycles. The number of nitrogens with two attached hydrogens (primary N) is 1. The molecule has 0 spiro atoms. The van der Waals surface area contributed by atoms with Crippen LogP contribution in [0.1, 0.15) is 11.1 Å². The van der Waals surface area contributed by atoms with Gasteiger partial charge in [0, 0.05) is 25.3 Å². The van der Waals surface area contributed by atoms with Crippen LogP contribution in [0.4, 0.5) is 5.69 Å². The summed E-state index contributed by atoms with van der Waals surface area (Å²) in [5.41, 5.74) is 6.72. The standard InChI is InChI=1S/C22H24N2O2S/c1-15-13-18(14-16(2)22(15)24(3)4)19-11-8-12-20(27(23,25)26)21(19)17-9-6-5-7-10-17/h5-14H,1-4H3,(H2,23,25,26). The molecule has 0 amide bonds. The van der Waals surface area contributed by atoms with Gasteiger partial charge in [0.2, 0.25) is 10.0 Å². The highest BCUT2D eigenvalue weighted by atomic mass is 32.2. The van der Waals surface area contributed by atoms with Crippen molar-refractivity contribution in [2.75, 3.05) is 19.0 Å². The molecular formula is C22H24N2O2S. The molecule has 5 heteroatoms. The van der Waals surface area contributed by atoms with Crippen LogP contribution in [-0.4, -0.2) is 22.5 Å². The van der Waals surface area contributed by atoms with Crippen molar-refractivity contribution in [2.24, 2.45) is 5.14 Å². The minimum absolute atomic E-state index is 0.137. The van der Waals surface area contributed by atoms with Crippen LogP contribution in [0.2, 0.25) is 0 Å². The molecule has 27 heavy (non-hydrogen) atoms. The van der Waals surface area contributed by atoms with Crippen LogP contribution in [0.3, 0.4) is 0 Å². The van der Waals surface area contributed by atoms with Crippen molar-refractivity contribution in [3.8, 4) is 22.3 Å². The molecule has 0 saturated carbocycles. The van der Waals surface area contributed by atoms with Gasteiger partial charge in [0.15, 0.2) is 0 Å². The molecule has 0 aromatic heterocycles. The molecule has 0 unspecified atom stereocenters. The van der Waals surface area contributed by atoms with E-state index in [1.807, 2.05) is 50.5 Å². The average molecular weight is 381 g/mol. The summed E-state index contributed by atoms with van der Waals surface area (Å²) in [5.74, 6) is 0. The highest BCUT2D eigenvalue weighted by Crippen LogP contribution is 2.39. The maximum atomic E-state index is 12.3. The molecule has 0 fully saturated rings. The zero-order chi connectivity index (χ0) is 19.8. The van der Waals surface area contributed by atoms with Crippen LogP contribution in [-0.2, 0) is 10.0 Å². The first-order valence-electron chi connectivity index (χ1n) is 8.70. The predicted octanol–water partition coefficient (Wildman–Crippen LogP) is 4.35. The second kappa shape index (κ2) is 7.18. The van der Waals surface area contributed by atoms with Gasteiger partial charge in [-0.3, -0.25) is 0 Å². The van der Waals surface area contributed by atoms with Crippen molar-refractivity contribution in [1.82, 2.24) is 0 Å². The lowest BCUT2D eigenvalue weighted by Gasteiger charge is -2.21. The fraction of sp³-hybridized carbons (Fsp3) is 0.182. The number of sulfonamides is 1. The van der Waals surface area contributed by atoms with Crippen LogP contribution in [0, 0.1) is 13.8 Å². The Morgan fingerprint density at radius 2 is 1.41 bits per heavy atom. The highest BCUT2D eigenvalue weighted by Gasteiger charge is 2.20. The quantitative estimate of drug-likeness (QED) is 0.732. The van der Waals surface area contributed by atoms with Gasteiger partial charge in [0.1, 0.15) is 0 Å². The van der Waals surface area contributed by atoms with E-state index in [2.05, 4.69) is 30.9 Å². The molecule has 2 N–H and O–H groups in total. The molecule has 4 nitrogen and oxygen atoms in total. The number of anilines is 1. The summed E-state index contributed by atoms with van der Waals surface area (Å²) >= 11 is 0. The predicted molar refractivity (Wildman–Crippen MR) is 112 cm³/mol. The number of hydrogen-bond acceptors (Lipinski definition) is 3.